The Bertz CT molecular complexity index is 1110. The Balaban J connectivity index is 1.72. The minimum atomic E-state index is -4.59. The number of fused-ring (bicyclic) bond motifs is 1. The third kappa shape index (κ3) is 3.64. The molecule has 0 atom stereocenters. The minimum absolute atomic E-state index is 0.0244. The molecule has 0 bridgehead atoms. The van der Waals surface area contributed by atoms with Gasteiger partial charge in [0.2, 0.25) is 5.82 Å². The average Bonchev–Trinajstić information content (AvgIpc) is 3.26. The van der Waals surface area contributed by atoms with Crippen molar-refractivity contribution >= 4 is 6.29 Å². The van der Waals surface area contributed by atoms with Crippen molar-refractivity contribution < 1.29 is 22.5 Å². The maximum absolute atomic E-state index is 13.4. The molecule has 0 N–H and O–H groups in total. The van der Waals surface area contributed by atoms with Crippen LogP contribution < -0.4 is 0 Å². The van der Waals surface area contributed by atoms with Crippen molar-refractivity contribution in [2.24, 2.45) is 12.5 Å². The van der Waals surface area contributed by atoms with Gasteiger partial charge in [-0.05, 0) is 42.4 Å². The van der Waals surface area contributed by atoms with Crippen LogP contribution in [0.4, 0.5) is 13.2 Å². The lowest BCUT2D eigenvalue weighted by Crippen LogP contribution is -2.23. The van der Waals surface area contributed by atoms with Crippen molar-refractivity contribution in [1.29, 1.82) is 0 Å². The highest BCUT2D eigenvalue weighted by Gasteiger charge is 2.34. The highest BCUT2D eigenvalue weighted by molar-refractivity contribution is 5.64. The van der Waals surface area contributed by atoms with E-state index in [2.05, 4.69) is 29.1 Å². The molecular weight excluding hydrogens is 397 g/mol. The van der Waals surface area contributed by atoms with E-state index >= 15 is 0 Å². The Labute approximate surface area is 171 Å². The van der Waals surface area contributed by atoms with E-state index in [-0.39, 0.29) is 34.7 Å². The molecule has 6 nitrogen and oxygen atoms in total. The molecular formula is C21H21F3N4O2. The summed E-state index contributed by atoms with van der Waals surface area (Å²) in [6.07, 6.45) is -1.76. The number of alkyl halides is 3. The second kappa shape index (κ2) is 7.07. The summed E-state index contributed by atoms with van der Waals surface area (Å²) in [7, 11) is 1.87. The van der Waals surface area contributed by atoms with Crippen LogP contribution in [0, 0.1) is 5.41 Å². The second-order valence-corrected chi connectivity index (χ2v) is 8.40. The monoisotopic (exact) mass is 418 g/mol. The Morgan fingerprint density at radius 2 is 2.07 bits per heavy atom. The zero-order valence-corrected chi connectivity index (χ0v) is 16.9. The topological polar surface area (TPSA) is 73.8 Å². The number of hydrogen-bond donors (Lipinski definition) is 0. The zero-order chi connectivity index (χ0) is 21.7. The molecule has 0 radical (unpaired) electrons. The third-order valence-corrected chi connectivity index (χ3v) is 5.58. The van der Waals surface area contributed by atoms with Crippen LogP contribution in [0.1, 0.15) is 42.7 Å². The molecule has 2 heterocycles. The largest absolute Gasteiger partial charge is 0.416 e. The predicted molar refractivity (Wildman–Crippen MR) is 103 cm³/mol. The van der Waals surface area contributed by atoms with E-state index in [1.54, 1.807) is 0 Å². The molecule has 4 rings (SSSR count). The first-order valence-electron chi connectivity index (χ1n) is 9.62. The van der Waals surface area contributed by atoms with Crippen molar-refractivity contribution in [2.75, 3.05) is 0 Å². The van der Waals surface area contributed by atoms with Gasteiger partial charge in [-0.1, -0.05) is 25.1 Å². The van der Waals surface area contributed by atoms with Gasteiger partial charge in [0, 0.05) is 30.3 Å². The number of benzene rings is 1. The zero-order valence-electron chi connectivity index (χ0n) is 16.9. The number of hydrogen-bond acceptors (Lipinski definition) is 5. The summed E-state index contributed by atoms with van der Waals surface area (Å²) in [6, 6.07) is 3.65. The molecule has 0 saturated heterocycles. The van der Waals surface area contributed by atoms with Gasteiger partial charge >= 0.3 is 6.18 Å². The molecule has 158 valence electrons. The number of rotatable bonds is 4. The lowest BCUT2D eigenvalue weighted by atomic mass is 9.76. The third-order valence-electron chi connectivity index (χ3n) is 5.58. The van der Waals surface area contributed by atoms with E-state index < -0.39 is 11.7 Å². The molecule has 0 unspecified atom stereocenters. The van der Waals surface area contributed by atoms with Crippen LogP contribution in [0.3, 0.4) is 0 Å². The Hall–Kier alpha value is -2.97. The standard InChI is InChI=1S/C21H21F3N4O2/c1-20(2)8-6-14-16(11-20)28(3)26-17(14)18-25-19(30-27-18)13-5-4-12(7-9-29)15(10-13)21(22,23)24/h4-5,9-10H,6-8,11H2,1-3H3. The van der Waals surface area contributed by atoms with E-state index in [0.29, 0.717) is 12.0 Å². The van der Waals surface area contributed by atoms with E-state index in [9.17, 15) is 18.0 Å². The van der Waals surface area contributed by atoms with Gasteiger partial charge in [0.15, 0.2) is 0 Å². The van der Waals surface area contributed by atoms with Crippen molar-refractivity contribution in [3.8, 4) is 23.0 Å². The summed E-state index contributed by atoms with van der Waals surface area (Å²) < 4.78 is 47.3. The Morgan fingerprint density at radius 1 is 1.30 bits per heavy atom. The van der Waals surface area contributed by atoms with Crippen LogP contribution in [0.2, 0.25) is 0 Å². The second-order valence-electron chi connectivity index (χ2n) is 8.40. The van der Waals surface area contributed by atoms with E-state index in [0.717, 1.165) is 36.6 Å². The SMILES string of the molecule is Cn1nc(-c2noc(-c3ccc(CC=O)c(C(F)(F)F)c3)n2)c2c1CC(C)(C)CC2. The van der Waals surface area contributed by atoms with Gasteiger partial charge in [-0.15, -0.1) is 0 Å². The van der Waals surface area contributed by atoms with Crippen LogP contribution >= 0.6 is 0 Å². The van der Waals surface area contributed by atoms with Gasteiger partial charge in [0.1, 0.15) is 12.0 Å². The van der Waals surface area contributed by atoms with Crippen molar-refractivity contribution in [2.45, 2.75) is 45.7 Å². The smallest absolute Gasteiger partial charge is 0.334 e. The molecule has 0 fully saturated rings. The molecule has 1 aliphatic rings. The number of nitrogens with zero attached hydrogens (tertiary/aromatic N) is 4. The first-order chi connectivity index (χ1) is 14.1. The Kier molecular flexibility index (Phi) is 4.79. The molecule has 1 aromatic carbocycles. The maximum atomic E-state index is 13.4. The van der Waals surface area contributed by atoms with Gasteiger partial charge in [-0.2, -0.15) is 23.3 Å². The molecule has 9 heteroatoms. The molecule has 0 saturated carbocycles. The van der Waals surface area contributed by atoms with Gasteiger partial charge in [-0.25, -0.2) is 0 Å². The summed E-state index contributed by atoms with van der Waals surface area (Å²) in [4.78, 5) is 15.0. The van der Waals surface area contributed by atoms with E-state index in [4.69, 9.17) is 4.52 Å². The molecule has 30 heavy (non-hydrogen) atoms. The normalized spacial score (nSPS) is 15.8. The lowest BCUT2D eigenvalue weighted by Gasteiger charge is -2.29. The van der Waals surface area contributed by atoms with Gasteiger partial charge in [0.05, 0.1) is 5.56 Å². The molecule has 0 spiro atoms. The number of carbonyl (C=O) groups is 1. The predicted octanol–water partition coefficient (Wildman–Crippen LogP) is 4.41. The first kappa shape index (κ1) is 20.3. The minimum Gasteiger partial charge on any atom is -0.334 e. The van der Waals surface area contributed by atoms with Gasteiger partial charge < -0.3 is 9.32 Å². The van der Waals surface area contributed by atoms with Crippen LogP contribution in [-0.2, 0) is 37.3 Å². The van der Waals surface area contributed by atoms with E-state index in [1.165, 1.54) is 12.1 Å². The maximum Gasteiger partial charge on any atom is 0.416 e. The lowest BCUT2D eigenvalue weighted by molar-refractivity contribution is -0.138. The molecule has 1 aliphatic carbocycles. The van der Waals surface area contributed by atoms with Crippen molar-refractivity contribution in [3.05, 3.63) is 40.6 Å². The summed E-state index contributed by atoms with van der Waals surface area (Å²) in [5, 5.41) is 8.51. The number of aryl methyl sites for hydroxylation is 1. The average molecular weight is 418 g/mol. The fraction of sp³-hybridized carbons (Fsp3) is 0.429. The van der Waals surface area contributed by atoms with E-state index in [1.807, 2.05) is 11.7 Å². The van der Waals surface area contributed by atoms with Crippen molar-refractivity contribution in [3.63, 3.8) is 0 Å². The highest BCUT2D eigenvalue weighted by Crippen LogP contribution is 2.39. The summed E-state index contributed by atoms with van der Waals surface area (Å²) in [6.45, 7) is 4.42. The first-order valence-corrected chi connectivity index (χ1v) is 9.62. The number of halogens is 3. The summed E-state index contributed by atoms with van der Waals surface area (Å²) in [5.41, 5.74) is 2.12. The van der Waals surface area contributed by atoms with Crippen LogP contribution in [0.25, 0.3) is 23.0 Å². The number of carbonyl (C=O) groups excluding carboxylic acids is 1. The molecule has 3 aromatic rings. The summed E-state index contributed by atoms with van der Waals surface area (Å²) in [5.74, 6) is 0.232. The van der Waals surface area contributed by atoms with Gasteiger partial charge in [-0.3, -0.25) is 4.68 Å². The quantitative estimate of drug-likeness (QED) is 0.587. The van der Waals surface area contributed by atoms with Crippen LogP contribution in [0.5, 0.6) is 0 Å². The molecule has 0 amide bonds. The molecule has 0 aliphatic heterocycles. The summed E-state index contributed by atoms with van der Waals surface area (Å²) >= 11 is 0. The number of aromatic nitrogens is 4. The Morgan fingerprint density at radius 3 is 2.77 bits per heavy atom. The van der Waals surface area contributed by atoms with Crippen molar-refractivity contribution in [1.82, 2.24) is 19.9 Å². The van der Waals surface area contributed by atoms with Crippen LogP contribution in [-0.4, -0.2) is 26.2 Å². The fourth-order valence-electron chi connectivity index (χ4n) is 3.95. The number of aldehydes is 1. The van der Waals surface area contributed by atoms with Crippen LogP contribution in [0.15, 0.2) is 22.7 Å². The molecule has 2 aromatic heterocycles. The fourth-order valence-corrected chi connectivity index (χ4v) is 3.95. The highest BCUT2D eigenvalue weighted by atomic mass is 19.4. The van der Waals surface area contributed by atoms with Gasteiger partial charge in [0.25, 0.3) is 5.89 Å².